The zero-order valence-corrected chi connectivity index (χ0v) is 15.4. The molecule has 0 aliphatic carbocycles. The van der Waals surface area contributed by atoms with E-state index in [0.29, 0.717) is 23.2 Å². The number of nitrogens with one attached hydrogen (secondary N) is 1. The number of ether oxygens (including phenoxy) is 1. The average Bonchev–Trinajstić information content (AvgIpc) is 2.68. The summed E-state index contributed by atoms with van der Waals surface area (Å²) in [5, 5.41) is 13.7. The van der Waals surface area contributed by atoms with E-state index in [0.717, 1.165) is 0 Å². The zero-order chi connectivity index (χ0) is 19.6. The predicted molar refractivity (Wildman–Crippen MR) is 103 cm³/mol. The van der Waals surface area contributed by atoms with Gasteiger partial charge in [-0.1, -0.05) is 6.92 Å². The van der Waals surface area contributed by atoms with Crippen LogP contribution in [0.2, 0.25) is 0 Å². The molecule has 1 atom stereocenters. The number of aromatic hydroxyl groups is 1. The summed E-state index contributed by atoms with van der Waals surface area (Å²) in [4.78, 5) is 30.0. The molecule has 0 saturated carbocycles. The SMILES string of the molecule is CC[C@@H](C)NC(=O)c1c(O)c2cccnc2n(-c2ccc(OC)cc2)c1=O. The van der Waals surface area contributed by atoms with Gasteiger partial charge >= 0.3 is 0 Å². The van der Waals surface area contributed by atoms with Crippen molar-refractivity contribution in [2.75, 3.05) is 7.11 Å². The van der Waals surface area contributed by atoms with Crippen LogP contribution >= 0.6 is 0 Å². The molecule has 2 N–H and O–H groups in total. The highest BCUT2D eigenvalue weighted by atomic mass is 16.5. The van der Waals surface area contributed by atoms with Crippen LogP contribution in [0.25, 0.3) is 16.7 Å². The van der Waals surface area contributed by atoms with Gasteiger partial charge in [-0.2, -0.15) is 0 Å². The van der Waals surface area contributed by atoms with E-state index in [4.69, 9.17) is 4.74 Å². The van der Waals surface area contributed by atoms with Crippen molar-refractivity contribution in [3.63, 3.8) is 0 Å². The molecular weight excluding hydrogens is 346 g/mol. The topological polar surface area (TPSA) is 93.5 Å². The summed E-state index contributed by atoms with van der Waals surface area (Å²) >= 11 is 0. The minimum absolute atomic E-state index is 0.129. The minimum Gasteiger partial charge on any atom is -0.506 e. The number of hydrogen-bond donors (Lipinski definition) is 2. The van der Waals surface area contributed by atoms with E-state index < -0.39 is 11.5 Å². The van der Waals surface area contributed by atoms with Crippen LogP contribution in [0.4, 0.5) is 0 Å². The maximum atomic E-state index is 13.1. The smallest absolute Gasteiger partial charge is 0.273 e. The Kier molecular flexibility index (Phi) is 5.12. The highest BCUT2D eigenvalue weighted by Crippen LogP contribution is 2.27. The van der Waals surface area contributed by atoms with Crippen LogP contribution in [0.3, 0.4) is 0 Å². The van der Waals surface area contributed by atoms with Gasteiger partial charge in [0, 0.05) is 12.2 Å². The Bertz CT molecular complexity index is 1040. The summed E-state index contributed by atoms with van der Waals surface area (Å²) in [5.74, 6) is -0.342. The van der Waals surface area contributed by atoms with Gasteiger partial charge in [-0.25, -0.2) is 4.98 Å². The summed E-state index contributed by atoms with van der Waals surface area (Å²) in [6.07, 6.45) is 2.23. The van der Waals surface area contributed by atoms with Gasteiger partial charge in [0.2, 0.25) is 0 Å². The van der Waals surface area contributed by atoms with E-state index in [1.54, 1.807) is 43.5 Å². The first-order valence-electron chi connectivity index (χ1n) is 8.65. The molecule has 0 fully saturated rings. The second-order valence-corrected chi connectivity index (χ2v) is 6.22. The molecule has 2 aromatic heterocycles. The fraction of sp³-hybridized carbons (Fsp3) is 0.250. The number of methoxy groups -OCH3 is 1. The normalized spacial score (nSPS) is 12.0. The molecule has 0 aliphatic rings. The molecule has 3 aromatic rings. The number of hydrogen-bond acceptors (Lipinski definition) is 5. The fourth-order valence-corrected chi connectivity index (χ4v) is 2.78. The summed E-state index contributed by atoms with van der Waals surface area (Å²) in [7, 11) is 1.55. The Hall–Kier alpha value is -3.35. The number of carbonyl (C=O) groups is 1. The van der Waals surface area contributed by atoms with E-state index in [1.165, 1.54) is 10.8 Å². The third-order valence-corrected chi connectivity index (χ3v) is 4.45. The molecule has 140 valence electrons. The molecule has 27 heavy (non-hydrogen) atoms. The molecule has 1 amide bonds. The van der Waals surface area contributed by atoms with Crippen LogP contribution in [0, 0.1) is 0 Å². The first kappa shape index (κ1) is 18.4. The lowest BCUT2D eigenvalue weighted by molar-refractivity contribution is 0.0935. The highest BCUT2D eigenvalue weighted by Gasteiger charge is 2.24. The maximum absolute atomic E-state index is 13.1. The number of nitrogens with zero attached hydrogens (tertiary/aromatic N) is 2. The summed E-state index contributed by atoms with van der Waals surface area (Å²) in [5.41, 5.74) is -0.149. The minimum atomic E-state index is -0.635. The van der Waals surface area contributed by atoms with Crippen molar-refractivity contribution in [2.45, 2.75) is 26.3 Å². The molecule has 2 heterocycles. The third-order valence-electron chi connectivity index (χ3n) is 4.45. The van der Waals surface area contributed by atoms with E-state index in [2.05, 4.69) is 10.3 Å². The molecule has 0 spiro atoms. The Morgan fingerprint density at radius 2 is 2.00 bits per heavy atom. The van der Waals surface area contributed by atoms with Crippen molar-refractivity contribution >= 4 is 16.9 Å². The van der Waals surface area contributed by atoms with Crippen LogP contribution in [0.1, 0.15) is 30.6 Å². The van der Waals surface area contributed by atoms with Crippen molar-refractivity contribution in [2.24, 2.45) is 0 Å². The average molecular weight is 367 g/mol. The third kappa shape index (κ3) is 3.36. The van der Waals surface area contributed by atoms with E-state index in [-0.39, 0.29) is 23.0 Å². The van der Waals surface area contributed by atoms with E-state index in [9.17, 15) is 14.7 Å². The van der Waals surface area contributed by atoms with Crippen LogP contribution in [-0.2, 0) is 0 Å². The first-order chi connectivity index (χ1) is 13.0. The maximum Gasteiger partial charge on any atom is 0.273 e. The Morgan fingerprint density at radius 3 is 2.63 bits per heavy atom. The van der Waals surface area contributed by atoms with Crippen LogP contribution in [-0.4, -0.2) is 33.7 Å². The fourth-order valence-electron chi connectivity index (χ4n) is 2.78. The van der Waals surface area contributed by atoms with Crippen molar-refractivity contribution in [3.05, 3.63) is 58.5 Å². The van der Waals surface area contributed by atoms with Crippen LogP contribution in [0.15, 0.2) is 47.4 Å². The molecule has 0 saturated heterocycles. The van der Waals surface area contributed by atoms with Gasteiger partial charge in [0.1, 0.15) is 17.1 Å². The van der Waals surface area contributed by atoms with Gasteiger partial charge < -0.3 is 15.2 Å². The van der Waals surface area contributed by atoms with Crippen molar-refractivity contribution in [3.8, 4) is 17.2 Å². The number of fused-ring (bicyclic) bond motifs is 1. The van der Waals surface area contributed by atoms with Crippen LogP contribution < -0.4 is 15.6 Å². The number of pyridine rings is 2. The molecule has 0 aliphatic heterocycles. The standard InChI is InChI=1S/C20H21N3O4/c1-4-12(2)22-19(25)16-17(24)15-6-5-11-21-18(15)23(20(16)26)13-7-9-14(27-3)10-8-13/h5-12,24H,4H2,1-3H3,(H,22,25)/t12-/m1/s1. The number of benzene rings is 1. The van der Waals surface area contributed by atoms with Crippen molar-refractivity contribution < 1.29 is 14.6 Å². The molecule has 0 unspecified atom stereocenters. The second kappa shape index (κ2) is 7.49. The van der Waals surface area contributed by atoms with E-state index >= 15 is 0 Å². The van der Waals surface area contributed by atoms with Crippen molar-refractivity contribution in [1.82, 2.24) is 14.9 Å². The van der Waals surface area contributed by atoms with Gasteiger partial charge in [-0.05, 0) is 49.7 Å². The van der Waals surface area contributed by atoms with Gasteiger partial charge in [0.25, 0.3) is 11.5 Å². The van der Waals surface area contributed by atoms with E-state index in [1.807, 2.05) is 13.8 Å². The molecule has 0 radical (unpaired) electrons. The van der Waals surface area contributed by atoms with Crippen LogP contribution in [0.5, 0.6) is 11.5 Å². The zero-order valence-electron chi connectivity index (χ0n) is 15.4. The van der Waals surface area contributed by atoms with Crippen molar-refractivity contribution in [1.29, 1.82) is 0 Å². The number of rotatable bonds is 5. The molecule has 3 rings (SSSR count). The Morgan fingerprint density at radius 1 is 1.30 bits per heavy atom. The second-order valence-electron chi connectivity index (χ2n) is 6.22. The molecule has 7 nitrogen and oxygen atoms in total. The van der Waals surface area contributed by atoms with Gasteiger partial charge in [0.05, 0.1) is 18.2 Å². The quantitative estimate of drug-likeness (QED) is 0.723. The largest absolute Gasteiger partial charge is 0.506 e. The number of aromatic nitrogens is 2. The summed E-state index contributed by atoms with van der Waals surface area (Å²) in [6.45, 7) is 3.75. The lowest BCUT2D eigenvalue weighted by Crippen LogP contribution is -2.37. The van der Waals surface area contributed by atoms with Gasteiger partial charge in [-0.3, -0.25) is 14.2 Å². The van der Waals surface area contributed by atoms with Gasteiger partial charge in [-0.15, -0.1) is 0 Å². The lowest BCUT2D eigenvalue weighted by Gasteiger charge is -2.16. The molecule has 1 aromatic carbocycles. The van der Waals surface area contributed by atoms with Gasteiger partial charge in [0.15, 0.2) is 5.65 Å². The Balaban J connectivity index is 2.29. The molecular formula is C20H21N3O4. The number of amides is 1. The monoisotopic (exact) mass is 367 g/mol. The number of carbonyl (C=O) groups excluding carboxylic acids is 1. The molecule has 0 bridgehead atoms. The predicted octanol–water partition coefficient (Wildman–Crippen LogP) is 2.63. The Labute approximate surface area is 156 Å². The summed E-state index contributed by atoms with van der Waals surface area (Å²) < 4.78 is 6.47. The molecule has 7 heteroatoms. The summed E-state index contributed by atoms with van der Waals surface area (Å²) in [6, 6.07) is 9.95. The first-order valence-corrected chi connectivity index (χ1v) is 8.65. The highest BCUT2D eigenvalue weighted by molar-refractivity contribution is 6.02. The lowest BCUT2D eigenvalue weighted by atomic mass is 10.1.